The first-order valence-electron chi connectivity index (χ1n) is 8.56. The molecule has 2 aromatic carbocycles. The van der Waals surface area contributed by atoms with Crippen LogP contribution in [0, 0.1) is 0 Å². The average Bonchev–Trinajstić information content (AvgIpc) is 3.12. The molecule has 4 rings (SSSR count). The molecule has 28 heavy (non-hydrogen) atoms. The van der Waals surface area contributed by atoms with E-state index in [9.17, 15) is 9.59 Å². The molecule has 2 aliphatic heterocycles. The molecule has 2 aromatic rings. The summed E-state index contributed by atoms with van der Waals surface area (Å²) in [6, 6.07) is 14.9. The van der Waals surface area contributed by atoms with Crippen molar-refractivity contribution in [3.8, 4) is 0 Å². The highest BCUT2D eigenvalue weighted by Gasteiger charge is 2.41. The molecule has 4 nitrogen and oxygen atoms in total. The second-order valence-electron chi connectivity index (χ2n) is 6.28. The lowest BCUT2D eigenvalue weighted by Gasteiger charge is -2.18. The van der Waals surface area contributed by atoms with E-state index in [-0.39, 0.29) is 11.8 Å². The van der Waals surface area contributed by atoms with E-state index in [1.165, 1.54) is 4.90 Å². The van der Waals surface area contributed by atoms with E-state index < -0.39 is 0 Å². The fourth-order valence-electron chi connectivity index (χ4n) is 3.29. The highest BCUT2D eigenvalue weighted by atomic mass is 35.5. The number of anilines is 1. The number of hydrogen-bond donors (Lipinski definition) is 0. The first-order chi connectivity index (χ1) is 13.5. The minimum absolute atomic E-state index is 0.222. The number of fused-ring (bicyclic) bond motifs is 1. The number of carbonyl (C=O) groups is 2. The molecule has 140 valence electrons. The fourth-order valence-corrected chi connectivity index (χ4v) is 4.83. The number of hydrogen-bond acceptors (Lipinski definition) is 4. The van der Waals surface area contributed by atoms with Gasteiger partial charge in [-0.25, -0.2) is 0 Å². The largest absolute Gasteiger partial charge is 0.303 e. The van der Waals surface area contributed by atoms with Crippen molar-refractivity contribution in [3.05, 3.63) is 82.2 Å². The number of nitrogens with zero attached hydrogens (tertiary/aromatic N) is 2. The van der Waals surface area contributed by atoms with Crippen LogP contribution in [0.5, 0.6) is 0 Å². The molecule has 0 saturated carbocycles. The molecule has 0 aliphatic carbocycles. The molecular formula is C21H15ClN2O2S2. The number of halogens is 1. The van der Waals surface area contributed by atoms with Crippen LogP contribution in [0.2, 0.25) is 5.02 Å². The van der Waals surface area contributed by atoms with Gasteiger partial charge in [-0.1, -0.05) is 78.1 Å². The third-order valence-electron chi connectivity index (χ3n) is 4.60. The fraction of sp³-hybridized carbons (Fsp3) is 0.0952. The highest BCUT2D eigenvalue weighted by Crippen LogP contribution is 2.45. The molecule has 2 aliphatic rings. The molecule has 1 saturated heterocycles. The van der Waals surface area contributed by atoms with Crippen LogP contribution in [0.15, 0.2) is 66.1 Å². The van der Waals surface area contributed by atoms with Gasteiger partial charge in [0.2, 0.25) is 0 Å². The molecule has 1 fully saturated rings. The number of para-hydroxylation sites is 1. The Hall–Kier alpha value is -2.41. The molecular weight excluding hydrogens is 412 g/mol. The zero-order valence-corrected chi connectivity index (χ0v) is 17.1. The number of carbonyl (C=O) groups excluding carboxylic acids is 2. The molecule has 2 heterocycles. The smallest absolute Gasteiger partial charge is 0.267 e. The minimum atomic E-state index is -0.257. The summed E-state index contributed by atoms with van der Waals surface area (Å²) < 4.78 is 0.433. The van der Waals surface area contributed by atoms with Gasteiger partial charge in [-0.05, 0) is 17.7 Å². The van der Waals surface area contributed by atoms with Crippen molar-refractivity contribution in [1.82, 2.24) is 4.90 Å². The van der Waals surface area contributed by atoms with Crippen LogP contribution in [0.4, 0.5) is 5.69 Å². The Morgan fingerprint density at radius 2 is 1.75 bits per heavy atom. The predicted octanol–water partition coefficient (Wildman–Crippen LogP) is 4.64. The van der Waals surface area contributed by atoms with Crippen LogP contribution >= 0.6 is 35.6 Å². The molecule has 7 heteroatoms. The summed E-state index contributed by atoms with van der Waals surface area (Å²) in [6.07, 6.45) is 1.62. The van der Waals surface area contributed by atoms with Gasteiger partial charge in [-0.3, -0.25) is 14.5 Å². The van der Waals surface area contributed by atoms with Gasteiger partial charge in [0.1, 0.15) is 4.32 Å². The minimum Gasteiger partial charge on any atom is -0.303 e. The number of thioether (sulfide) groups is 1. The van der Waals surface area contributed by atoms with Crippen LogP contribution < -0.4 is 4.90 Å². The number of benzene rings is 2. The number of thiocarbonyl (C=S) groups is 1. The summed E-state index contributed by atoms with van der Waals surface area (Å²) in [5.41, 5.74) is 2.73. The third kappa shape index (κ3) is 3.07. The van der Waals surface area contributed by atoms with Gasteiger partial charge in [0.05, 0.1) is 22.7 Å². The topological polar surface area (TPSA) is 40.6 Å². The zero-order chi connectivity index (χ0) is 19.8. The Balaban J connectivity index is 1.80. The predicted molar refractivity (Wildman–Crippen MR) is 118 cm³/mol. The SMILES string of the molecule is C=CCN1C(=O)C(=C2C(=O)N(Cc3ccccc3Cl)c3ccccc32)SC1=S. The van der Waals surface area contributed by atoms with Crippen molar-refractivity contribution in [1.29, 1.82) is 0 Å². The molecule has 0 N–H and O–H groups in total. The number of amides is 2. The van der Waals surface area contributed by atoms with Crippen molar-refractivity contribution < 1.29 is 9.59 Å². The average molecular weight is 427 g/mol. The molecule has 0 radical (unpaired) electrons. The summed E-state index contributed by atoms with van der Waals surface area (Å²) in [7, 11) is 0. The lowest BCUT2D eigenvalue weighted by Crippen LogP contribution is -2.29. The van der Waals surface area contributed by atoms with Gasteiger partial charge in [0, 0.05) is 17.1 Å². The Labute approximate surface area is 177 Å². The molecule has 0 unspecified atom stereocenters. The maximum absolute atomic E-state index is 13.4. The van der Waals surface area contributed by atoms with Crippen molar-refractivity contribution >= 4 is 63.0 Å². The molecule has 0 aromatic heterocycles. The van der Waals surface area contributed by atoms with Gasteiger partial charge in [0.15, 0.2) is 0 Å². The Morgan fingerprint density at radius 3 is 2.50 bits per heavy atom. The Kier molecular flexibility index (Phi) is 5.10. The Morgan fingerprint density at radius 1 is 1.04 bits per heavy atom. The normalized spacial score (nSPS) is 18.8. The summed E-state index contributed by atoms with van der Waals surface area (Å²) in [6.45, 7) is 4.31. The first kappa shape index (κ1) is 18.9. The van der Waals surface area contributed by atoms with Gasteiger partial charge in [-0.2, -0.15) is 0 Å². The van der Waals surface area contributed by atoms with Gasteiger partial charge < -0.3 is 4.90 Å². The van der Waals surface area contributed by atoms with Crippen LogP contribution in [0.3, 0.4) is 0 Å². The van der Waals surface area contributed by atoms with Crippen LogP contribution in [0.1, 0.15) is 11.1 Å². The summed E-state index contributed by atoms with van der Waals surface area (Å²) in [4.78, 5) is 29.7. The van der Waals surface area contributed by atoms with E-state index >= 15 is 0 Å². The lowest BCUT2D eigenvalue weighted by molar-refractivity contribution is -0.122. The molecule has 2 amide bonds. The second kappa shape index (κ2) is 7.54. The lowest BCUT2D eigenvalue weighted by atomic mass is 10.1. The maximum Gasteiger partial charge on any atom is 0.267 e. The van der Waals surface area contributed by atoms with Crippen LogP contribution in [-0.2, 0) is 16.1 Å². The molecule has 0 atom stereocenters. The monoisotopic (exact) mass is 426 g/mol. The van der Waals surface area contributed by atoms with E-state index in [1.807, 2.05) is 42.5 Å². The van der Waals surface area contributed by atoms with Gasteiger partial charge >= 0.3 is 0 Å². The van der Waals surface area contributed by atoms with Crippen LogP contribution in [0.25, 0.3) is 5.57 Å². The zero-order valence-electron chi connectivity index (χ0n) is 14.7. The van der Waals surface area contributed by atoms with Crippen molar-refractivity contribution in [2.75, 3.05) is 11.4 Å². The van der Waals surface area contributed by atoms with E-state index in [4.69, 9.17) is 23.8 Å². The molecule has 0 bridgehead atoms. The second-order valence-corrected chi connectivity index (χ2v) is 8.33. The standard InChI is InChI=1S/C21H15ClN2O2S2/c1-2-11-23-20(26)18(28-21(23)27)17-14-8-4-6-10-16(14)24(19(17)25)12-13-7-3-5-9-15(13)22/h2-10H,1,11-12H2. The van der Waals surface area contributed by atoms with E-state index in [2.05, 4.69) is 6.58 Å². The van der Waals surface area contributed by atoms with E-state index in [1.54, 1.807) is 17.0 Å². The Bertz CT molecular complexity index is 1060. The first-order valence-corrected chi connectivity index (χ1v) is 10.2. The van der Waals surface area contributed by atoms with Crippen molar-refractivity contribution in [2.24, 2.45) is 0 Å². The summed E-state index contributed by atoms with van der Waals surface area (Å²) in [5, 5.41) is 0.596. The summed E-state index contributed by atoms with van der Waals surface area (Å²) >= 11 is 12.8. The van der Waals surface area contributed by atoms with E-state index in [0.29, 0.717) is 32.9 Å². The van der Waals surface area contributed by atoms with E-state index in [0.717, 1.165) is 28.6 Å². The van der Waals surface area contributed by atoms with Crippen molar-refractivity contribution in [3.63, 3.8) is 0 Å². The van der Waals surface area contributed by atoms with Gasteiger partial charge in [0.25, 0.3) is 11.8 Å². The number of rotatable bonds is 4. The maximum atomic E-state index is 13.4. The molecule has 0 spiro atoms. The van der Waals surface area contributed by atoms with Crippen LogP contribution in [-0.4, -0.2) is 27.6 Å². The highest BCUT2D eigenvalue weighted by molar-refractivity contribution is 8.26. The van der Waals surface area contributed by atoms with Crippen molar-refractivity contribution in [2.45, 2.75) is 6.54 Å². The summed E-state index contributed by atoms with van der Waals surface area (Å²) in [5.74, 6) is -0.479. The third-order valence-corrected chi connectivity index (χ3v) is 6.41. The quantitative estimate of drug-likeness (QED) is 0.405. The van der Waals surface area contributed by atoms with Gasteiger partial charge in [-0.15, -0.1) is 6.58 Å².